The molecule has 1 aliphatic heterocycles. The normalized spacial score (nSPS) is 20.9. The van der Waals surface area contributed by atoms with Crippen LogP contribution in [0.4, 0.5) is 13.2 Å². The predicted octanol–water partition coefficient (Wildman–Crippen LogP) is 9.32. The smallest absolute Gasteiger partial charge is 0.220 e. The molecule has 2 atom stereocenters. The van der Waals surface area contributed by atoms with Crippen molar-refractivity contribution >= 4 is 27.3 Å². The third kappa shape index (κ3) is 3.39. The summed E-state index contributed by atoms with van der Waals surface area (Å²) in [6, 6.07) is 14.6. The molecule has 3 heterocycles. The van der Waals surface area contributed by atoms with Crippen LogP contribution < -0.4 is 4.40 Å². The first kappa shape index (κ1) is 26.9. The minimum absolute atomic E-state index is 0.104. The Balaban J connectivity index is 1.92. The van der Waals surface area contributed by atoms with Gasteiger partial charge in [0.25, 0.3) is 5.65 Å². The molecule has 0 radical (unpaired) electrons. The maximum absolute atomic E-state index is 15.6. The lowest BCUT2D eigenvalue weighted by Crippen LogP contribution is -2.52. The van der Waals surface area contributed by atoms with Gasteiger partial charge in [0.2, 0.25) is 0 Å². The Bertz CT molecular complexity index is 1840. The number of hydrogen-bond acceptors (Lipinski definition) is 0. The zero-order chi connectivity index (χ0) is 28.9. The third-order valence-electron chi connectivity index (χ3n) is 9.86. The maximum Gasteiger partial charge on any atom is 0.296 e. The van der Waals surface area contributed by atoms with Gasteiger partial charge in [0.1, 0.15) is 34.2 Å². The average Bonchev–Trinajstić information content (AvgIpc) is 3.18. The molecule has 5 aromatic rings. The summed E-state index contributed by atoms with van der Waals surface area (Å²) in [5, 5.41) is 3.32. The van der Waals surface area contributed by atoms with E-state index in [4.69, 9.17) is 0 Å². The lowest BCUT2D eigenvalue weighted by atomic mass is 9.61. The molecule has 2 aromatic heterocycles. The van der Waals surface area contributed by atoms with Crippen molar-refractivity contribution in [3.8, 4) is 11.3 Å². The first-order valence-electron chi connectivity index (χ1n) is 14.4. The third-order valence-corrected chi connectivity index (χ3v) is 9.86. The van der Waals surface area contributed by atoms with E-state index in [1.54, 1.807) is 0 Å². The fourth-order valence-corrected chi connectivity index (χ4v) is 7.61. The van der Waals surface area contributed by atoms with Gasteiger partial charge >= 0.3 is 0 Å². The Kier molecular flexibility index (Phi) is 5.76. The number of imidazole rings is 1. The van der Waals surface area contributed by atoms with Crippen LogP contribution in [0.1, 0.15) is 78.1 Å². The molecule has 2 unspecified atom stereocenters. The number of benzene rings is 3. The summed E-state index contributed by atoms with van der Waals surface area (Å²) in [4.78, 5) is 0. The largest absolute Gasteiger partial charge is 0.296 e. The minimum atomic E-state index is -0.921. The van der Waals surface area contributed by atoms with Crippen molar-refractivity contribution in [1.29, 1.82) is 0 Å². The molecule has 0 amide bonds. The van der Waals surface area contributed by atoms with Gasteiger partial charge in [-0.2, -0.15) is 4.40 Å². The molecule has 40 heavy (non-hydrogen) atoms. The van der Waals surface area contributed by atoms with Gasteiger partial charge in [-0.3, -0.25) is 0 Å². The highest BCUT2D eigenvalue weighted by Gasteiger charge is 2.55. The topological polar surface area (TPSA) is 9.03 Å². The molecule has 0 aliphatic carbocycles. The number of halogens is 3. The highest BCUT2D eigenvalue weighted by molar-refractivity contribution is 6.12. The molecule has 6 rings (SSSR count). The molecular weight excluding hydrogens is 505 g/mol. The molecule has 0 N–H and O–H groups in total. The quantitative estimate of drug-likeness (QED) is 0.158. The van der Waals surface area contributed by atoms with Crippen molar-refractivity contribution in [1.82, 2.24) is 4.57 Å². The van der Waals surface area contributed by atoms with Crippen LogP contribution in [0.15, 0.2) is 48.5 Å². The van der Waals surface area contributed by atoms with E-state index in [2.05, 4.69) is 89.4 Å². The van der Waals surface area contributed by atoms with Crippen LogP contribution in [-0.4, -0.2) is 4.57 Å². The van der Waals surface area contributed by atoms with Crippen LogP contribution in [-0.2, 0) is 17.4 Å². The molecule has 0 bridgehead atoms. The van der Waals surface area contributed by atoms with Gasteiger partial charge in [0.05, 0.1) is 10.9 Å². The van der Waals surface area contributed by atoms with E-state index >= 15 is 8.78 Å². The summed E-state index contributed by atoms with van der Waals surface area (Å²) in [6.45, 7) is 17.6. The predicted molar refractivity (Wildman–Crippen MR) is 157 cm³/mol. The Hall–Kier alpha value is -3.34. The van der Waals surface area contributed by atoms with Crippen LogP contribution in [0, 0.1) is 29.8 Å². The van der Waals surface area contributed by atoms with Crippen molar-refractivity contribution in [2.75, 3.05) is 0 Å². The number of fused-ring (bicyclic) bond motifs is 3. The summed E-state index contributed by atoms with van der Waals surface area (Å²) in [5.41, 5.74) is 4.82. The number of rotatable bonds is 4. The number of nitrogens with zero attached hydrogens (tertiary/aromatic N) is 2. The van der Waals surface area contributed by atoms with Crippen LogP contribution in [0.25, 0.3) is 38.6 Å². The van der Waals surface area contributed by atoms with Gasteiger partial charge in [0.15, 0.2) is 5.69 Å². The Morgan fingerprint density at radius 3 is 2.15 bits per heavy atom. The fraction of sp³-hybridized carbons (Fsp3) is 0.400. The van der Waals surface area contributed by atoms with Crippen LogP contribution in [0.2, 0.25) is 0 Å². The van der Waals surface area contributed by atoms with E-state index in [-0.39, 0.29) is 21.9 Å². The first-order chi connectivity index (χ1) is 18.8. The monoisotopic (exact) mass is 543 g/mol. The van der Waals surface area contributed by atoms with E-state index in [0.29, 0.717) is 5.69 Å². The number of hydrogen-bond donors (Lipinski definition) is 0. The van der Waals surface area contributed by atoms with Gasteiger partial charge in [-0.25, -0.2) is 17.7 Å². The summed E-state index contributed by atoms with van der Waals surface area (Å²) >= 11 is 0. The van der Waals surface area contributed by atoms with Crippen LogP contribution in [0.3, 0.4) is 0 Å². The van der Waals surface area contributed by atoms with Crippen molar-refractivity contribution in [2.24, 2.45) is 5.41 Å². The molecule has 0 saturated heterocycles. The standard InChI is InChI=1S/C35H38F3N2/c1-9-34(7)25-13-11-12-23-24-16-21(19-33(4,5)6)14-15-28(24)39-31(30-26(37)17-22(36)18-27(30)38)20(3)40(32(39)29(23)25)35(34,8)10-2/h11-18H,9-10,19H2,1-8H3/q+1. The Labute approximate surface area is 234 Å². The first-order valence-corrected chi connectivity index (χ1v) is 14.4. The molecule has 0 spiro atoms. The number of pyridine rings is 1. The van der Waals surface area contributed by atoms with Gasteiger partial charge < -0.3 is 0 Å². The van der Waals surface area contributed by atoms with E-state index < -0.39 is 17.5 Å². The highest BCUT2D eigenvalue weighted by atomic mass is 19.1. The van der Waals surface area contributed by atoms with E-state index in [1.165, 1.54) is 11.1 Å². The summed E-state index contributed by atoms with van der Waals surface area (Å²) in [5.74, 6) is -2.71. The SMILES string of the molecule is CCC1(C)c2cccc3c4cc(CC(C)(C)C)ccc4[n+]4c(-c5c(F)cc(F)cc5F)c(C)n(c4c23)C1(C)CC. The van der Waals surface area contributed by atoms with Gasteiger partial charge in [0, 0.05) is 35.2 Å². The van der Waals surface area contributed by atoms with Crippen molar-refractivity contribution in [2.45, 2.75) is 85.6 Å². The molecule has 208 valence electrons. The van der Waals surface area contributed by atoms with Crippen LogP contribution in [0.5, 0.6) is 0 Å². The molecule has 1 aliphatic rings. The minimum Gasteiger partial charge on any atom is -0.220 e. The second kappa shape index (κ2) is 8.58. The van der Waals surface area contributed by atoms with E-state index in [9.17, 15) is 4.39 Å². The lowest BCUT2D eigenvalue weighted by Gasteiger charge is -2.47. The Morgan fingerprint density at radius 2 is 1.55 bits per heavy atom. The van der Waals surface area contributed by atoms with Crippen LogP contribution >= 0.6 is 0 Å². The summed E-state index contributed by atoms with van der Waals surface area (Å²) in [6.07, 6.45) is 2.63. The number of aromatic nitrogens is 2. The van der Waals surface area contributed by atoms with Gasteiger partial charge in [-0.05, 0) is 54.9 Å². The van der Waals surface area contributed by atoms with Gasteiger partial charge in [-0.15, -0.1) is 0 Å². The Morgan fingerprint density at radius 1 is 0.875 bits per heavy atom. The van der Waals surface area contributed by atoms with Crippen molar-refractivity contribution < 1.29 is 17.6 Å². The van der Waals surface area contributed by atoms with Crippen molar-refractivity contribution in [3.63, 3.8) is 0 Å². The van der Waals surface area contributed by atoms with E-state index in [0.717, 1.165) is 64.4 Å². The second-order valence-corrected chi connectivity index (χ2v) is 13.3. The fourth-order valence-electron chi connectivity index (χ4n) is 7.61. The lowest BCUT2D eigenvalue weighted by molar-refractivity contribution is -0.467. The second-order valence-electron chi connectivity index (χ2n) is 13.3. The maximum atomic E-state index is 15.6. The van der Waals surface area contributed by atoms with Gasteiger partial charge in [-0.1, -0.05) is 65.8 Å². The van der Waals surface area contributed by atoms with E-state index in [1.807, 2.05) is 11.3 Å². The highest BCUT2D eigenvalue weighted by Crippen LogP contribution is 2.54. The zero-order valence-electron chi connectivity index (χ0n) is 24.8. The molecular formula is C35H38F3N2+. The summed E-state index contributed by atoms with van der Waals surface area (Å²) < 4.78 is 49.6. The zero-order valence-corrected chi connectivity index (χ0v) is 24.8. The van der Waals surface area contributed by atoms with Crippen molar-refractivity contribution in [3.05, 3.63) is 82.8 Å². The molecule has 2 nitrogen and oxygen atoms in total. The molecule has 5 heteroatoms. The molecule has 0 fully saturated rings. The molecule has 3 aromatic carbocycles. The average molecular weight is 544 g/mol. The summed E-state index contributed by atoms with van der Waals surface area (Å²) in [7, 11) is 0. The molecule has 0 saturated carbocycles.